The highest BCUT2D eigenvalue weighted by Crippen LogP contribution is 2.32. The van der Waals surface area contributed by atoms with Gasteiger partial charge >= 0.3 is 0 Å². The van der Waals surface area contributed by atoms with Gasteiger partial charge in [0, 0.05) is 5.02 Å². The fourth-order valence-electron chi connectivity index (χ4n) is 1.86. The molecule has 0 saturated carbocycles. The number of nitrogens with zero attached hydrogens (tertiary/aromatic N) is 1. The van der Waals surface area contributed by atoms with Crippen LogP contribution in [0.1, 0.15) is 19.7 Å². The molecule has 4 nitrogen and oxygen atoms in total. The smallest absolute Gasteiger partial charge is 0.208 e. The third-order valence-corrected chi connectivity index (χ3v) is 3.04. The van der Waals surface area contributed by atoms with E-state index in [1.165, 1.54) is 0 Å². The fraction of sp³-hybridized carbons (Fsp3) is 0.400. The van der Waals surface area contributed by atoms with Gasteiger partial charge in [-0.15, -0.1) is 0 Å². The van der Waals surface area contributed by atoms with Crippen LogP contribution >= 0.6 is 11.6 Å². The van der Waals surface area contributed by atoms with E-state index in [-0.39, 0.29) is 0 Å². The summed E-state index contributed by atoms with van der Waals surface area (Å²) in [6.07, 6.45) is 1.70. The second-order valence-corrected chi connectivity index (χ2v) is 5.42. The summed E-state index contributed by atoms with van der Waals surface area (Å²) in [7, 11) is 1.62. The van der Waals surface area contributed by atoms with Crippen molar-refractivity contribution in [1.82, 2.24) is 10.3 Å². The van der Waals surface area contributed by atoms with Gasteiger partial charge in [0.25, 0.3) is 0 Å². The Morgan fingerprint density at radius 3 is 2.90 bits per heavy atom. The van der Waals surface area contributed by atoms with Gasteiger partial charge < -0.3 is 14.5 Å². The summed E-state index contributed by atoms with van der Waals surface area (Å²) in [5.41, 5.74) is 0.808. The molecular weight excluding hydrogens is 276 g/mol. The minimum absolute atomic E-state index is 0.595. The Morgan fingerprint density at radius 2 is 2.20 bits per heavy atom. The molecule has 2 rings (SSSR count). The van der Waals surface area contributed by atoms with Crippen LogP contribution in [-0.2, 0) is 6.54 Å². The molecule has 0 saturated heterocycles. The SMILES string of the molecule is COc1ccc(Cl)cc1-c1cnc(CNCC(C)C)o1. The molecule has 0 spiro atoms. The first-order valence-corrected chi connectivity index (χ1v) is 6.97. The van der Waals surface area contributed by atoms with E-state index >= 15 is 0 Å². The Bertz CT molecular complexity index is 567. The number of oxazole rings is 1. The lowest BCUT2D eigenvalue weighted by atomic mass is 10.1. The summed E-state index contributed by atoms with van der Waals surface area (Å²) in [5.74, 6) is 2.62. The number of methoxy groups -OCH3 is 1. The van der Waals surface area contributed by atoms with Gasteiger partial charge in [-0.05, 0) is 30.7 Å². The molecule has 1 aromatic carbocycles. The van der Waals surface area contributed by atoms with Crippen LogP contribution in [0, 0.1) is 5.92 Å². The maximum atomic E-state index is 6.02. The highest BCUT2D eigenvalue weighted by molar-refractivity contribution is 6.30. The molecular formula is C15H19ClN2O2. The topological polar surface area (TPSA) is 47.3 Å². The summed E-state index contributed by atoms with van der Waals surface area (Å²) in [4.78, 5) is 4.27. The van der Waals surface area contributed by atoms with Gasteiger partial charge in [-0.25, -0.2) is 4.98 Å². The van der Waals surface area contributed by atoms with Crippen molar-refractivity contribution in [3.63, 3.8) is 0 Å². The molecule has 1 N–H and O–H groups in total. The van der Waals surface area contributed by atoms with E-state index in [0.29, 0.717) is 34.9 Å². The minimum atomic E-state index is 0.595. The third kappa shape index (κ3) is 3.74. The number of ether oxygens (including phenoxy) is 1. The maximum absolute atomic E-state index is 6.02. The van der Waals surface area contributed by atoms with Gasteiger partial charge in [-0.2, -0.15) is 0 Å². The lowest BCUT2D eigenvalue weighted by molar-refractivity contribution is 0.412. The van der Waals surface area contributed by atoms with Gasteiger partial charge in [0.15, 0.2) is 5.76 Å². The van der Waals surface area contributed by atoms with Crippen molar-refractivity contribution < 1.29 is 9.15 Å². The lowest BCUT2D eigenvalue weighted by Gasteiger charge is -2.06. The molecule has 1 heterocycles. The van der Waals surface area contributed by atoms with E-state index in [1.807, 2.05) is 12.1 Å². The van der Waals surface area contributed by atoms with Gasteiger partial charge in [0.05, 0.1) is 25.4 Å². The van der Waals surface area contributed by atoms with Crippen molar-refractivity contribution in [2.75, 3.05) is 13.7 Å². The van der Waals surface area contributed by atoms with Gasteiger partial charge in [0.1, 0.15) is 5.75 Å². The molecule has 108 valence electrons. The van der Waals surface area contributed by atoms with E-state index in [1.54, 1.807) is 19.4 Å². The van der Waals surface area contributed by atoms with Crippen LogP contribution in [0.5, 0.6) is 5.75 Å². The Balaban J connectivity index is 2.14. The van der Waals surface area contributed by atoms with Crippen molar-refractivity contribution in [1.29, 1.82) is 0 Å². The Kier molecular flexibility index (Phi) is 5.04. The van der Waals surface area contributed by atoms with Crippen LogP contribution in [0.25, 0.3) is 11.3 Å². The van der Waals surface area contributed by atoms with Gasteiger partial charge in [-0.1, -0.05) is 25.4 Å². The van der Waals surface area contributed by atoms with E-state index in [2.05, 4.69) is 24.1 Å². The van der Waals surface area contributed by atoms with Gasteiger partial charge in [0.2, 0.25) is 5.89 Å². The predicted molar refractivity (Wildman–Crippen MR) is 80.0 cm³/mol. The molecule has 0 atom stereocenters. The molecule has 0 fully saturated rings. The highest BCUT2D eigenvalue weighted by atomic mass is 35.5. The predicted octanol–water partition coefficient (Wildman–Crippen LogP) is 3.75. The van der Waals surface area contributed by atoms with E-state index < -0.39 is 0 Å². The number of nitrogens with one attached hydrogen (secondary N) is 1. The number of hydrogen-bond donors (Lipinski definition) is 1. The van der Waals surface area contributed by atoms with Crippen molar-refractivity contribution in [2.24, 2.45) is 5.92 Å². The van der Waals surface area contributed by atoms with E-state index in [9.17, 15) is 0 Å². The first-order valence-electron chi connectivity index (χ1n) is 6.59. The van der Waals surface area contributed by atoms with Crippen molar-refractivity contribution in [3.05, 3.63) is 35.3 Å². The first kappa shape index (κ1) is 14.9. The maximum Gasteiger partial charge on any atom is 0.208 e. The van der Waals surface area contributed by atoms with Crippen LogP contribution in [0.2, 0.25) is 5.02 Å². The molecule has 0 bridgehead atoms. The Morgan fingerprint density at radius 1 is 1.40 bits per heavy atom. The summed E-state index contributed by atoms with van der Waals surface area (Å²) < 4.78 is 11.1. The molecule has 0 radical (unpaired) electrons. The summed E-state index contributed by atoms with van der Waals surface area (Å²) in [6.45, 7) is 5.86. The molecule has 0 amide bonds. The quantitative estimate of drug-likeness (QED) is 0.881. The number of halogens is 1. The number of rotatable bonds is 6. The molecule has 0 aliphatic heterocycles. The molecule has 0 aliphatic rings. The van der Waals surface area contributed by atoms with Crippen LogP contribution < -0.4 is 10.1 Å². The largest absolute Gasteiger partial charge is 0.496 e. The molecule has 1 aromatic heterocycles. The molecule has 20 heavy (non-hydrogen) atoms. The number of benzene rings is 1. The summed E-state index contributed by atoms with van der Waals surface area (Å²) >= 11 is 6.02. The average Bonchev–Trinajstić information content (AvgIpc) is 2.87. The molecule has 2 aromatic rings. The average molecular weight is 295 g/mol. The van der Waals surface area contributed by atoms with Crippen LogP contribution in [0.3, 0.4) is 0 Å². The van der Waals surface area contributed by atoms with Crippen LogP contribution in [-0.4, -0.2) is 18.6 Å². The molecule has 5 heteroatoms. The third-order valence-electron chi connectivity index (χ3n) is 2.81. The normalized spacial score (nSPS) is 11.1. The van der Waals surface area contributed by atoms with Crippen molar-refractivity contribution in [2.45, 2.75) is 20.4 Å². The zero-order valence-electron chi connectivity index (χ0n) is 11.9. The monoisotopic (exact) mass is 294 g/mol. The standard InChI is InChI=1S/C15H19ClN2O2/c1-10(2)7-17-9-15-18-8-14(20-15)12-6-11(16)4-5-13(12)19-3/h4-6,8,10,17H,7,9H2,1-3H3. The number of aromatic nitrogens is 1. The fourth-order valence-corrected chi connectivity index (χ4v) is 2.03. The van der Waals surface area contributed by atoms with E-state index in [0.717, 1.165) is 12.1 Å². The van der Waals surface area contributed by atoms with E-state index in [4.69, 9.17) is 20.8 Å². The second-order valence-electron chi connectivity index (χ2n) is 4.99. The minimum Gasteiger partial charge on any atom is -0.496 e. The van der Waals surface area contributed by atoms with Crippen molar-refractivity contribution >= 4 is 11.6 Å². The first-order chi connectivity index (χ1) is 9.60. The highest BCUT2D eigenvalue weighted by Gasteiger charge is 2.12. The summed E-state index contributed by atoms with van der Waals surface area (Å²) in [5, 5.41) is 3.93. The summed E-state index contributed by atoms with van der Waals surface area (Å²) in [6, 6.07) is 5.41. The van der Waals surface area contributed by atoms with Crippen molar-refractivity contribution in [3.8, 4) is 17.1 Å². The molecule has 0 aliphatic carbocycles. The zero-order chi connectivity index (χ0) is 14.5. The van der Waals surface area contributed by atoms with Gasteiger partial charge in [-0.3, -0.25) is 0 Å². The lowest BCUT2D eigenvalue weighted by Crippen LogP contribution is -2.18. The Labute approximate surface area is 124 Å². The molecule has 0 unspecified atom stereocenters. The van der Waals surface area contributed by atoms with Crippen LogP contribution in [0.15, 0.2) is 28.8 Å². The Hall–Kier alpha value is -1.52. The number of hydrogen-bond acceptors (Lipinski definition) is 4. The second kappa shape index (κ2) is 6.77. The zero-order valence-corrected chi connectivity index (χ0v) is 12.7. The van der Waals surface area contributed by atoms with Crippen LogP contribution in [0.4, 0.5) is 0 Å².